The van der Waals surface area contributed by atoms with E-state index in [0.29, 0.717) is 0 Å². The quantitative estimate of drug-likeness (QED) is 0.288. The lowest BCUT2D eigenvalue weighted by Gasteiger charge is -2.18. The molecule has 23 heavy (non-hydrogen) atoms. The molecule has 3 nitrogen and oxygen atoms in total. The minimum atomic E-state index is -0.737. The third kappa shape index (κ3) is 14.7. The summed E-state index contributed by atoms with van der Waals surface area (Å²) in [6, 6.07) is 0. The van der Waals surface area contributed by atoms with Gasteiger partial charge in [-0.05, 0) is 19.8 Å². The Hall–Kier alpha value is -0.570. The predicted molar refractivity (Wildman–Crippen MR) is 99.3 cm³/mol. The summed E-state index contributed by atoms with van der Waals surface area (Å²) in [6.07, 6.45) is 16.4. The zero-order chi connectivity index (χ0) is 17.3. The first kappa shape index (κ1) is 22.4. The van der Waals surface area contributed by atoms with Gasteiger partial charge in [-0.15, -0.1) is 0 Å². The van der Waals surface area contributed by atoms with E-state index in [2.05, 4.69) is 19.2 Å². The molecule has 0 aromatic carbocycles. The van der Waals surface area contributed by atoms with Gasteiger partial charge >= 0.3 is 0 Å². The van der Waals surface area contributed by atoms with Gasteiger partial charge in [0.2, 0.25) is 5.91 Å². The zero-order valence-corrected chi connectivity index (χ0v) is 15.9. The number of aliphatic hydroxyl groups excluding tert-OH is 1. The Labute approximate surface area is 144 Å². The average Bonchev–Trinajstić information content (AvgIpc) is 2.51. The van der Waals surface area contributed by atoms with Crippen LogP contribution < -0.4 is 5.32 Å². The second kappa shape index (κ2) is 16.3. The first-order valence-electron chi connectivity index (χ1n) is 10.1. The molecule has 0 aromatic heterocycles. The molecule has 0 saturated carbocycles. The lowest BCUT2D eigenvalue weighted by molar-refractivity contribution is -0.128. The summed E-state index contributed by atoms with van der Waals surface area (Å²) in [5.41, 5.74) is 0. The number of amides is 1. The Morgan fingerprint density at radius 2 is 1.17 bits per heavy atom. The molecule has 2 N–H and O–H groups in total. The SMILES string of the molecule is CCCCCCCCCC(CCCCCCC)C(=O)NC(C)O. The molecule has 0 aliphatic heterocycles. The standard InChI is InChI=1S/C20H41NO2/c1-4-6-8-10-11-13-15-17-19(20(23)21-18(3)22)16-14-12-9-7-5-2/h18-19,22H,4-17H2,1-3H3,(H,21,23). The Bertz CT molecular complexity index is 266. The third-order valence-electron chi connectivity index (χ3n) is 4.53. The highest BCUT2D eigenvalue weighted by atomic mass is 16.3. The predicted octanol–water partition coefficient (Wildman–Crippen LogP) is 5.56. The van der Waals surface area contributed by atoms with Crippen LogP contribution >= 0.6 is 0 Å². The van der Waals surface area contributed by atoms with Gasteiger partial charge in [0.15, 0.2) is 0 Å². The number of aliphatic hydroxyl groups is 1. The Morgan fingerprint density at radius 3 is 1.57 bits per heavy atom. The van der Waals surface area contributed by atoms with Crippen LogP contribution in [0, 0.1) is 5.92 Å². The van der Waals surface area contributed by atoms with Crippen LogP contribution in [-0.2, 0) is 4.79 Å². The largest absolute Gasteiger partial charge is 0.374 e. The van der Waals surface area contributed by atoms with E-state index in [1.165, 1.54) is 64.2 Å². The lowest BCUT2D eigenvalue weighted by atomic mass is 9.93. The third-order valence-corrected chi connectivity index (χ3v) is 4.53. The van der Waals surface area contributed by atoms with E-state index in [-0.39, 0.29) is 11.8 Å². The first-order valence-corrected chi connectivity index (χ1v) is 10.1. The number of unbranched alkanes of at least 4 members (excludes halogenated alkanes) is 10. The molecule has 0 heterocycles. The fourth-order valence-corrected chi connectivity index (χ4v) is 3.07. The fourth-order valence-electron chi connectivity index (χ4n) is 3.07. The van der Waals surface area contributed by atoms with Crippen molar-refractivity contribution >= 4 is 5.91 Å². The maximum absolute atomic E-state index is 12.2. The maximum Gasteiger partial charge on any atom is 0.225 e. The second-order valence-electron chi connectivity index (χ2n) is 6.99. The van der Waals surface area contributed by atoms with Crippen molar-refractivity contribution in [2.24, 2.45) is 5.92 Å². The van der Waals surface area contributed by atoms with Gasteiger partial charge in [0.1, 0.15) is 6.23 Å². The van der Waals surface area contributed by atoms with Crippen LogP contribution in [0.25, 0.3) is 0 Å². The van der Waals surface area contributed by atoms with Gasteiger partial charge in [-0.2, -0.15) is 0 Å². The monoisotopic (exact) mass is 327 g/mol. The highest BCUT2D eigenvalue weighted by Gasteiger charge is 2.18. The second-order valence-corrected chi connectivity index (χ2v) is 6.99. The van der Waals surface area contributed by atoms with E-state index in [9.17, 15) is 9.90 Å². The van der Waals surface area contributed by atoms with Crippen LogP contribution in [0.3, 0.4) is 0 Å². The summed E-state index contributed by atoms with van der Waals surface area (Å²) < 4.78 is 0. The van der Waals surface area contributed by atoms with E-state index in [1.807, 2.05) is 0 Å². The lowest BCUT2D eigenvalue weighted by Crippen LogP contribution is -2.37. The summed E-state index contributed by atoms with van der Waals surface area (Å²) >= 11 is 0. The van der Waals surface area contributed by atoms with Crippen molar-refractivity contribution in [3.8, 4) is 0 Å². The van der Waals surface area contributed by atoms with Gasteiger partial charge in [0.05, 0.1) is 0 Å². The number of carbonyl (C=O) groups is 1. The molecule has 0 radical (unpaired) electrons. The van der Waals surface area contributed by atoms with Gasteiger partial charge in [-0.25, -0.2) is 0 Å². The molecular weight excluding hydrogens is 286 g/mol. The van der Waals surface area contributed by atoms with Crippen molar-refractivity contribution in [3.63, 3.8) is 0 Å². The normalized spacial score (nSPS) is 13.7. The molecule has 0 spiro atoms. The van der Waals surface area contributed by atoms with Gasteiger partial charge in [0.25, 0.3) is 0 Å². The number of nitrogens with one attached hydrogen (secondary N) is 1. The van der Waals surface area contributed by atoms with Gasteiger partial charge in [0, 0.05) is 5.92 Å². The van der Waals surface area contributed by atoms with Crippen LogP contribution in [0.5, 0.6) is 0 Å². The molecule has 2 unspecified atom stereocenters. The minimum absolute atomic E-state index is 0.0430. The summed E-state index contributed by atoms with van der Waals surface area (Å²) in [5.74, 6) is 0.128. The number of hydrogen-bond donors (Lipinski definition) is 2. The molecule has 0 aliphatic rings. The van der Waals surface area contributed by atoms with Crippen molar-refractivity contribution in [1.82, 2.24) is 5.32 Å². The van der Waals surface area contributed by atoms with Crippen molar-refractivity contribution in [2.45, 2.75) is 117 Å². The number of carbonyl (C=O) groups excluding carboxylic acids is 1. The summed E-state index contributed by atoms with van der Waals surface area (Å²) in [6.45, 7) is 6.08. The molecule has 0 saturated heterocycles. The summed E-state index contributed by atoms with van der Waals surface area (Å²) in [7, 11) is 0. The van der Waals surface area contributed by atoms with Crippen molar-refractivity contribution < 1.29 is 9.90 Å². The van der Waals surface area contributed by atoms with Crippen LogP contribution in [0.2, 0.25) is 0 Å². The molecule has 0 fully saturated rings. The Balaban J connectivity index is 3.94. The highest BCUT2D eigenvalue weighted by Crippen LogP contribution is 2.19. The van der Waals surface area contributed by atoms with Crippen LogP contribution in [0.4, 0.5) is 0 Å². The molecule has 0 aromatic rings. The van der Waals surface area contributed by atoms with Crippen LogP contribution in [0.1, 0.15) is 111 Å². The van der Waals surface area contributed by atoms with Crippen molar-refractivity contribution in [1.29, 1.82) is 0 Å². The number of rotatable bonds is 16. The van der Waals surface area contributed by atoms with Gasteiger partial charge < -0.3 is 10.4 Å². The van der Waals surface area contributed by atoms with E-state index in [1.54, 1.807) is 6.92 Å². The average molecular weight is 328 g/mol. The van der Waals surface area contributed by atoms with Crippen molar-refractivity contribution in [3.05, 3.63) is 0 Å². The van der Waals surface area contributed by atoms with Gasteiger partial charge in [-0.1, -0.05) is 90.9 Å². The summed E-state index contributed by atoms with van der Waals surface area (Å²) in [5, 5.41) is 12.1. The van der Waals surface area contributed by atoms with E-state index >= 15 is 0 Å². The molecular formula is C20H41NO2. The summed E-state index contributed by atoms with van der Waals surface area (Å²) in [4.78, 5) is 12.2. The van der Waals surface area contributed by atoms with E-state index in [0.717, 1.165) is 25.7 Å². The Kier molecular flexibility index (Phi) is 15.9. The molecule has 3 heteroatoms. The molecule has 1 amide bonds. The topological polar surface area (TPSA) is 49.3 Å². The maximum atomic E-state index is 12.2. The number of hydrogen-bond acceptors (Lipinski definition) is 2. The van der Waals surface area contributed by atoms with Crippen LogP contribution in [0.15, 0.2) is 0 Å². The minimum Gasteiger partial charge on any atom is -0.374 e. The first-order chi connectivity index (χ1) is 11.1. The zero-order valence-electron chi connectivity index (χ0n) is 15.9. The Morgan fingerprint density at radius 1 is 0.783 bits per heavy atom. The molecule has 0 rings (SSSR count). The molecule has 0 bridgehead atoms. The van der Waals surface area contributed by atoms with Crippen molar-refractivity contribution in [2.75, 3.05) is 0 Å². The molecule has 0 aliphatic carbocycles. The van der Waals surface area contributed by atoms with E-state index < -0.39 is 6.23 Å². The van der Waals surface area contributed by atoms with Crippen LogP contribution in [-0.4, -0.2) is 17.2 Å². The highest BCUT2D eigenvalue weighted by molar-refractivity contribution is 5.78. The fraction of sp³-hybridized carbons (Fsp3) is 0.950. The smallest absolute Gasteiger partial charge is 0.225 e. The van der Waals surface area contributed by atoms with E-state index in [4.69, 9.17) is 0 Å². The molecule has 2 atom stereocenters. The van der Waals surface area contributed by atoms with Gasteiger partial charge in [-0.3, -0.25) is 4.79 Å². The molecule has 138 valence electrons.